The van der Waals surface area contributed by atoms with E-state index in [1.165, 1.54) is 19.3 Å². The van der Waals surface area contributed by atoms with E-state index in [0.717, 1.165) is 5.92 Å². The van der Waals surface area contributed by atoms with Crippen LogP contribution in [0.3, 0.4) is 0 Å². The van der Waals surface area contributed by atoms with Crippen LogP contribution in [0.4, 0.5) is 0 Å². The smallest absolute Gasteiger partial charge is 0.234 e. The minimum atomic E-state index is 0.110. The van der Waals surface area contributed by atoms with Crippen LogP contribution in [0.15, 0.2) is 0 Å². The fraction of sp³-hybridized carbons (Fsp3) is 0.909. The predicted molar refractivity (Wildman–Crippen MR) is 58.1 cm³/mol. The van der Waals surface area contributed by atoms with Crippen molar-refractivity contribution in [1.29, 1.82) is 0 Å². The van der Waals surface area contributed by atoms with Gasteiger partial charge in [-0.05, 0) is 32.6 Å². The summed E-state index contributed by atoms with van der Waals surface area (Å²) < 4.78 is 0. The Kier molecular flexibility index (Phi) is 4.39. The summed E-state index contributed by atoms with van der Waals surface area (Å²) in [6.07, 6.45) is 3.81. The van der Waals surface area contributed by atoms with Gasteiger partial charge in [-0.3, -0.25) is 4.79 Å². The lowest BCUT2D eigenvalue weighted by molar-refractivity contribution is -0.120. The van der Waals surface area contributed by atoms with Crippen molar-refractivity contribution < 1.29 is 4.79 Å². The Morgan fingerprint density at radius 3 is 2.64 bits per heavy atom. The number of carbonyl (C=O) groups is 1. The molecular weight excluding hydrogens is 176 g/mol. The minimum absolute atomic E-state index is 0.110. The molecule has 3 heteroatoms. The van der Waals surface area contributed by atoms with Gasteiger partial charge in [-0.15, -0.1) is 0 Å². The molecule has 14 heavy (non-hydrogen) atoms. The summed E-state index contributed by atoms with van der Waals surface area (Å²) in [4.78, 5) is 11.3. The SMILES string of the molecule is CC(C)NC(=O)CNC1CCCC1C. The maximum absolute atomic E-state index is 11.3. The second-order valence-electron chi connectivity index (χ2n) is 4.62. The van der Waals surface area contributed by atoms with Crippen LogP contribution in [-0.2, 0) is 4.79 Å². The normalized spacial score (nSPS) is 26.9. The molecule has 2 unspecified atom stereocenters. The fourth-order valence-electron chi connectivity index (χ4n) is 2.05. The Bertz CT molecular complexity index is 192. The molecular formula is C11H22N2O. The molecule has 1 fully saturated rings. The highest BCUT2D eigenvalue weighted by Gasteiger charge is 2.23. The molecule has 0 aromatic rings. The molecule has 2 N–H and O–H groups in total. The molecule has 82 valence electrons. The summed E-state index contributed by atoms with van der Waals surface area (Å²) in [5.41, 5.74) is 0. The second kappa shape index (κ2) is 5.35. The molecule has 0 aromatic heterocycles. The summed E-state index contributed by atoms with van der Waals surface area (Å²) in [7, 11) is 0. The monoisotopic (exact) mass is 198 g/mol. The third kappa shape index (κ3) is 3.66. The fourth-order valence-corrected chi connectivity index (χ4v) is 2.05. The van der Waals surface area contributed by atoms with Crippen molar-refractivity contribution in [2.24, 2.45) is 5.92 Å². The van der Waals surface area contributed by atoms with E-state index in [1.807, 2.05) is 13.8 Å². The Morgan fingerprint density at radius 2 is 2.14 bits per heavy atom. The quantitative estimate of drug-likeness (QED) is 0.714. The highest BCUT2D eigenvalue weighted by atomic mass is 16.1. The van der Waals surface area contributed by atoms with Crippen LogP contribution < -0.4 is 10.6 Å². The maximum Gasteiger partial charge on any atom is 0.234 e. The Balaban J connectivity index is 2.16. The molecule has 1 aliphatic carbocycles. The standard InChI is InChI=1S/C11H22N2O/c1-8(2)13-11(14)7-12-10-6-4-5-9(10)3/h8-10,12H,4-7H2,1-3H3,(H,13,14). The maximum atomic E-state index is 11.3. The van der Waals surface area contributed by atoms with Gasteiger partial charge in [-0.25, -0.2) is 0 Å². The third-order valence-corrected chi connectivity index (χ3v) is 2.84. The first kappa shape index (κ1) is 11.5. The zero-order valence-corrected chi connectivity index (χ0v) is 9.47. The van der Waals surface area contributed by atoms with Crippen molar-refractivity contribution in [2.45, 2.75) is 52.1 Å². The van der Waals surface area contributed by atoms with Crippen molar-refractivity contribution in [3.8, 4) is 0 Å². The second-order valence-corrected chi connectivity index (χ2v) is 4.62. The van der Waals surface area contributed by atoms with Crippen LogP contribution in [0.25, 0.3) is 0 Å². The van der Waals surface area contributed by atoms with E-state index < -0.39 is 0 Å². The van der Waals surface area contributed by atoms with E-state index in [9.17, 15) is 4.79 Å². The first-order valence-electron chi connectivity index (χ1n) is 5.62. The van der Waals surface area contributed by atoms with Gasteiger partial charge < -0.3 is 10.6 Å². The molecule has 1 rings (SSSR count). The largest absolute Gasteiger partial charge is 0.353 e. The van der Waals surface area contributed by atoms with Crippen LogP contribution in [0, 0.1) is 5.92 Å². The van der Waals surface area contributed by atoms with Crippen LogP contribution in [0.1, 0.15) is 40.0 Å². The molecule has 0 aromatic carbocycles. The number of amides is 1. The van der Waals surface area contributed by atoms with Crippen molar-refractivity contribution >= 4 is 5.91 Å². The summed E-state index contributed by atoms with van der Waals surface area (Å²) >= 11 is 0. The molecule has 1 amide bonds. The molecule has 0 radical (unpaired) electrons. The summed E-state index contributed by atoms with van der Waals surface area (Å²) in [6, 6.07) is 0.790. The summed E-state index contributed by atoms with van der Waals surface area (Å²) in [5.74, 6) is 0.834. The average Bonchev–Trinajstić information content (AvgIpc) is 2.46. The molecule has 3 nitrogen and oxygen atoms in total. The zero-order chi connectivity index (χ0) is 10.6. The minimum Gasteiger partial charge on any atom is -0.353 e. The lowest BCUT2D eigenvalue weighted by atomic mass is 10.1. The van der Waals surface area contributed by atoms with Gasteiger partial charge in [0.15, 0.2) is 0 Å². The van der Waals surface area contributed by atoms with Crippen LogP contribution in [0.2, 0.25) is 0 Å². The van der Waals surface area contributed by atoms with Gasteiger partial charge in [0, 0.05) is 12.1 Å². The van der Waals surface area contributed by atoms with Crippen molar-refractivity contribution in [1.82, 2.24) is 10.6 Å². The van der Waals surface area contributed by atoms with Gasteiger partial charge in [0.2, 0.25) is 5.91 Å². The van der Waals surface area contributed by atoms with Crippen LogP contribution in [-0.4, -0.2) is 24.5 Å². The first-order chi connectivity index (χ1) is 6.59. The third-order valence-electron chi connectivity index (χ3n) is 2.84. The number of nitrogens with one attached hydrogen (secondary N) is 2. The van der Waals surface area contributed by atoms with Gasteiger partial charge >= 0.3 is 0 Å². The van der Waals surface area contributed by atoms with Gasteiger partial charge in [-0.2, -0.15) is 0 Å². The zero-order valence-electron chi connectivity index (χ0n) is 9.47. The number of carbonyl (C=O) groups excluding carboxylic acids is 1. The molecule has 0 heterocycles. The van der Waals surface area contributed by atoms with E-state index in [2.05, 4.69) is 17.6 Å². The van der Waals surface area contributed by atoms with E-state index >= 15 is 0 Å². The topological polar surface area (TPSA) is 41.1 Å². The van der Waals surface area contributed by atoms with Gasteiger partial charge in [-0.1, -0.05) is 13.3 Å². The number of hydrogen-bond acceptors (Lipinski definition) is 2. The van der Waals surface area contributed by atoms with E-state index in [1.54, 1.807) is 0 Å². The van der Waals surface area contributed by atoms with Crippen LogP contribution >= 0.6 is 0 Å². The average molecular weight is 198 g/mol. The summed E-state index contributed by atoms with van der Waals surface area (Å²) in [5, 5.41) is 6.20. The van der Waals surface area contributed by atoms with Crippen molar-refractivity contribution in [3.63, 3.8) is 0 Å². The van der Waals surface area contributed by atoms with Crippen molar-refractivity contribution in [2.75, 3.05) is 6.54 Å². The lowest BCUT2D eigenvalue weighted by Gasteiger charge is -2.17. The van der Waals surface area contributed by atoms with Crippen LogP contribution in [0.5, 0.6) is 0 Å². The molecule has 0 aliphatic heterocycles. The van der Waals surface area contributed by atoms with Gasteiger partial charge in [0.25, 0.3) is 0 Å². The molecule has 1 aliphatic rings. The molecule has 0 spiro atoms. The predicted octanol–water partition coefficient (Wildman–Crippen LogP) is 1.29. The Hall–Kier alpha value is -0.570. The molecule has 1 saturated carbocycles. The van der Waals surface area contributed by atoms with E-state index in [-0.39, 0.29) is 11.9 Å². The number of rotatable bonds is 4. The van der Waals surface area contributed by atoms with E-state index in [4.69, 9.17) is 0 Å². The lowest BCUT2D eigenvalue weighted by Crippen LogP contribution is -2.42. The van der Waals surface area contributed by atoms with Gasteiger partial charge in [0.05, 0.1) is 6.54 Å². The Labute approximate surface area is 86.6 Å². The number of hydrogen-bond donors (Lipinski definition) is 2. The molecule has 0 saturated heterocycles. The highest BCUT2D eigenvalue weighted by molar-refractivity contribution is 5.78. The molecule has 0 bridgehead atoms. The highest BCUT2D eigenvalue weighted by Crippen LogP contribution is 2.24. The van der Waals surface area contributed by atoms with Gasteiger partial charge in [0.1, 0.15) is 0 Å². The van der Waals surface area contributed by atoms with Crippen molar-refractivity contribution in [3.05, 3.63) is 0 Å². The first-order valence-corrected chi connectivity index (χ1v) is 5.62. The Morgan fingerprint density at radius 1 is 1.43 bits per heavy atom. The molecule has 2 atom stereocenters. The summed E-state index contributed by atoms with van der Waals surface area (Å²) in [6.45, 7) is 6.68. The van der Waals surface area contributed by atoms with E-state index in [0.29, 0.717) is 12.6 Å².